The second-order valence-corrected chi connectivity index (χ2v) is 7.04. The Morgan fingerprint density at radius 1 is 1.00 bits per heavy atom. The zero-order chi connectivity index (χ0) is 19.5. The molecule has 140 valence electrons. The van der Waals surface area contributed by atoms with Gasteiger partial charge in [-0.05, 0) is 77.7 Å². The third-order valence-corrected chi connectivity index (χ3v) is 5.54. The summed E-state index contributed by atoms with van der Waals surface area (Å²) in [5.41, 5.74) is 4.04. The van der Waals surface area contributed by atoms with Crippen LogP contribution >= 0.6 is 0 Å². The molecule has 3 aromatic carbocycles. The van der Waals surface area contributed by atoms with E-state index in [-0.39, 0.29) is 0 Å². The van der Waals surface area contributed by atoms with Crippen molar-refractivity contribution in [3.05, 3.63) is 59.0 Å². The van der Waals surface area contributed by atoms with E-state index >= 15 is 0 Å². The van der Waals surface area contributed by atoms with Crippen molar-refractivity contribution >= 4 is 40.4 Å². The largest absolute Gasteiger partial charge is 0.372 e. The van der Waals surface area contributed by atoms with Gasteiger partial charge >= 0.3 is 0 Å². The summed E-state index contributed by atoms with van der Waals surface area (Å²) < 4.78 is 0. The maximum atomic E-state index is 11.0. The van der Waals surface area contributed by atoms with E-state index in [1.54, 1.807) is 6.08 Å². The first-order valence-electron chi connectivity index (χ1n) is 9.96. The van der Waals surface area contributed by atoms with Crippen LogP contribution in [-0.2, 0) is 4.79 Å². The minimum absolute atomic E-state index is 0.666. The molecular formula is C25H24N2O. The number of rotatable bonds is 5. The molecule has 0 N–H and O–H groups in total. The molecule has 3 heteroatoms. The van der Waals surface area contributed by atoms with Crippen molar-refractivity contribution in [2.24, 2.45) is 4.99 Å². The fourth-order valence-corrected chi connectivity index (χ4v) is 4.19. The zero-order valence-electron chi connectivity index (χ0n) is 16.4. The van der Waals surface area contributed by atoms with Gasteiger partial charge in [-0.25, -0.2) is 4.79 Å². The molecule has 1 aliphatic rings. The molecule has 28 heavy (non-hydrogen) atoms. The Balaban J connectivity index is 2.10. The maximum absolute atomic E-state index is 11.0. The van der Waals surface area contributed by atoms with Crippen LogP contribution in [0, 0.1) is 0 Å². The molecule has 0 saturated heterocycles. The van der Waals surface area contributed by atoms with Gasteiger partial charge in [-0.2, -0.15) is 4.99 Å². The highest BCUT2D eigenvalue weighted by molar-refractivity contribution is 6.01. The Morgan fingerprint density at radius 3 is 2.57 bits per heavy atom. The van der Waals surface area contributed by atoms with Crippen LogP contribution in [0.1, 0.15) is 26.7 Å². The summed E-state index contributed by atoms with van der Waals surface area (Å²) in [4.78, 5) is 17.3. The fraction of sp³-hybridized carbons (Fsp3) is 0.240. The van der Waals surface area contributed by atoms with Crippen molar-refractivity contribution in [1.29, 1.82) is 0 Å². The van der Waals surface area contributed by atoms with E-state index in [0.717, 1.165) is 37.1 Å². The van der Waals surface area contributed by atoms with E-state index in [0.29, 0.717) is 5.69 Å². The average molecular weight is 368 g/mol. The number of para-hydroxylation sites is 1. The van der Waals surface area contributed by atoms with Crippen molar-refractivity contribution in [3.63, 3.8) is 0 Å². The molecule has 3 nitrogen and oxygen atoms in total. The van der Waals surface area contributed by atoms with Crippen LogP contribution in [0.2, 0.25) is 0 Å². The van der Waals surface area contributed by atoms with Gasteiger partial charge in [-0.1, -0.05) is 36.4 Å². The van der Waals surface area contributed by atoms with Gasteiger partial charge in [-0.15, -0.1) is 0 Å². The number of nitrogens with zero attached hydrogens (tertiary/aromatic N) is 2. The third kappa shape index (κ3) is 3.15. The van der Waals surface area contributed by atoms with Crippen LogP contribution in [0.25, 0.3) is 34.1 Å². The molecule has 0 spiro atoms. The van der Waals surface area contributed by atoms with E-state index in [2.05, 4.69) is 60.2 Å². The molecule has 4 rings (SSSR count). The molecule has 0 heterocycles. The SMILES string of the molecule is CCN(CC)c1ccc2c(-c3ccccc3N=C=O)c3c(cc2c1)=CCCC=3. The van der Waals surface area contributed by atoms with E-state index in [9.17, 15) is 4.79 Å². The number of carbonyl (C=O) groups excluding carboxylic acids is 1. The first kappa shape index (κ1) is 18.2. The highest BCUT2D eigenvalue weighted by Gasteiger charge is 2.14. The van der Waals surface area contributed by atoms with Crippen molar-refractivity contribution in [1.82, 2.24) is 0 Å². The normalized spacial score (nSPS) is 12.5. The van der Waals surface area contributed by atoms with Crippen LogP contribution in [0.3, 0.4) is 0 Å². The summed E-state index contributed by atoms with van der Waals surface area (Å²) >= 11 is 0. The predicted octanol–water partition coefficient (Wildman–Crippen LogP) is 4.68. The maximum Gasteiger partial charge on any atom is 0.240 e. The highest BCUT2D eigenvalue weighted by atomic mass is 16.1. The quantitative estimate of drug-likeness (QED) is 0.484. The van der Waals surface area contributed by atoms with Crippen LogP contribution in [0.15, 0.2) is 53.5 Å². The average Bonchev–Trinajstić information content (AvgIpc) is 2.73. The summed E-state index contributed by atoms with van der Waals surface area (Å²) in [7, 11) is 0. The summed E-state index contributed by atoms with van der Waals surface area (Å²) in [6.07, 6.45) is 8.42. The summed E-state index contributed by atoms with van der Waals surface area (Å²) in [5, 5.41) is 4.91. The summed E-state index contributed by atoms with van der Waals surface area (Å²) in [6, 6.07) is 16.8. The Labute approximate surface area is 165 Å². The Bertz CT molecular complexity index is 1200. The molecule has 0 aliphatic heterocycles. The van der Waals surface area contributed by atoms with Crippen LogP contribution in [0.4, 0.5) is 11.4 Å². The third-order valence-electron chi connectivity index (χ3n) is 5.54. The molecule has 0 saturated carbocycles. The van der Waals surface area contributed by atoms with Crippen LogP contribution in [-0.4, -0.2) is 19.2 Å². The Kier molecular flexibility index (Phi) is 5.10. The molecule has 0 aromatic heterocycles. The second-order valence-electron chi connectivity index (χ2n) is 7.04. The molecular weight excluding hydrogens is 344 g/mol. The molecule has 1 aliphatic carbocycles. The van der Waals surface area contributed by atoms with Gasteiger partial charge in [0.25, 0.3) is 0 Å². The first-order chi connectivity index (χ1) is 13.8. The van der Waals surface area contributed by atoms with Gasteiger partial charge in [-0.3, -0.25) is 0 Å². The van der Waals surface area contributed by atoms with Gasteiger partial charge in [0.15, 0.2) is 0 Å². The zero-order valence-corrected chi connectivity index (χ0v) is 16.4. The van der Waals surface area contributed by atoms with Gasteiger partial charge < -0.3 is 4.90 Å². The number of aliphatic imine (C=N–C) groups is 1. The summed E-state index contributed by atoms with van der Waals surface area (Å²) in [6.45, 7) is 6.33. The monoisotopic (exact) mass is 368 g/mol. The number of isocyanates is 1. The van der Waals surface area contributed by atoms with Crippen molar-refractivity contribution < 1.29 is 4.79 Å². The standard InChI is InChI=1S/C25H24N2O/c1-3-27(4-2)20-13-14-22-19(16-20)15-18-9-5-6-10-21(18)25(22)23-11-7-8-12-24(23)26-17-28/h7-16H,3-6H2,1-2H3. The Hall–Kier alpha value is -3.16. The molecule has 3 aromatic rings. The van der Waals surface area contributed by atoms with E-state index in [1.165, 1.54) is 26.9 Å². The molecule has 0 unspecified atom stereocenters. The van der Waals surface area contributed by atoms with Gasteiger partial charge in [0.05, 0.1) is 5.69 Å². The minimum atomic E-state index is 0.666. The smallest absolute Gasteiger partial charge is 0.240 e. The molecule has 0 radical (unpaired) electrons. The number of hydrogen-bond acceptors (Lipinski definition) is 3. The second kappa shape index (κ2) is 7.84. The molecule has 0 bridgehead atoms. The summed E-state index contributed by atoms with van der Waals surface area (Å²) in [5.74, 6) is 0. The van der Waals surface area contributed by atoms with Gasteiger partial charge in [0.1, 0.15) is 0 Å². The molecule has 0 fully saturated rings. The van der Waals surface area contributed by atoms with E-state index in [4.69, 9.17) is 0 Å². The lowest BCUT2D eigenvalue weighted by Gasteiger charge is -2.22. The minimum Gasteiger partial charge on any atom is -0.372 e. The van der Waals surface area contributed by atoms with E-state index < -0.39 is 0 Å². The molecule has 0 amide bonds. The van der Waals surface area contributed by atoms with Gasteiger partial charge in [0, 0.05) is 24.3 Å². The number of benzene rings is 3. The van der Waals surface area contributed by atoms with Gasteiger partial charge in [0.2, 0.25) is 6.08 Å². The topological polar surface area (TPSA) is 32.7 Å². The van der Waals surface area contributed by atoms with Crippen LogP contribution < -0.4 is 15.3 Å². The predicted molar refractivity (Wildman–Crippen MR) is 118 cm³/mol. The Morgan fingerprint density at radius 2 is 1.79 bits per heavy atom. The number of fused-ring (bicyclic) bond motifs is 2. The van der Waals surface area contributed by atoms with Crippen molar-refractivity contribution in [3.8, 4) is 11.1 Å². The fourth-order valence-electron chi connectivity index (χ4n) is 4.19. The highest BCUT2D eigenvalue weighted by Crippen LogP contribution is 2.33. The van der Waals surface area contributed by atoms with Crippen LogP contribution in [0.5, 0.6) is 0 Å². The van der Waals surface area contributed by atoms with Crippen molar-refractivity contribution in [2.75, 3.05) is 18.0 Å². The van der Waals surface area contributed by atoms with E-state index in [1.807, 2.05) is 24.3 Å². The lowest BCUT2D eigenvalue weighted by atomic mass is 9.91. The lowest BCUT2D eigenvalue weighted by molar-refractivity contribution is 0.565. The number of hydrogen-bond donors (Lipinski definition) is 0. The lowest BCUT2D eigenvalue weighted by Crippen LogP contribution is -2.29. The first-order valence-corrected chi connectivity index (χ1v) is 9.96. The number of anilines is 1. The molecule has 0 atom stereocenters. The van der Waals surface area contributed by atoms with Crippen molar-refractivity contribution in [2.45, 2.75) is 26.7 Å².